The molecular formula is C34H30N4O5. The van der Waals surface area contributed by atoms with Gasteiger partial charge in [0.2, 0.25) is 5.91 Å². The Bertz CT molecular complexity index is 1660. The highest BCUT2D eigenvalue weighted by Crippen LogP contribution is 2.31. The van der Waals surface area contributed by atoms with E-state index >= 15 is 0 Å². The topological polar surface area (TPSA) is 120 Å². The van der Waals surface area contributed by atoms with Crippen molar-refractivity contribution in [2.45, 2.75) is 31.0 Å². The monoisotopic (exact) mass is 574 g/mol. The summed E-state index contributed by atoms with van der Waals surface area (Å²) in [5, 5.41) is 12.9. The van der Waals surface area contributed by atoms with Crippen molar-refractivity contribution < 1.29 is 24.3 Å². The zero-order chi connectivity index (χ0) is 29.9. The maximum atomic E-state index is 14.1. The van der Waals surface area contributed by atoms with E-state index in [-0.39, 0.29) is 42.6 Å². The van der Waals surface area contributed by atoms with Gasteiger partial charge in [0.1, 0.15) is 23.5 Å². The number of fused-ring (bicyclic) bond motifs is 1. The summed E-state index contributed by atoms with van der Waals surface area (Å²) >= 11 is 0. The number of likely N-dealkylation sites (tertiary alicyclic amines) is 2. The summed E-state index contributed by atoms with van der Waals surface area (Å²) in [7, 11) is 0. The third kappa shape index (κ3) is 5.74. The van der Waals surface area contributed by atoms with Gasteiger partial charge in [-0.05, 0) is 59.5 Å². The molecule has 0 aliphatic carbocycles. The number of carbonyl (C=O) groups is 4. The molecule has 2 fully saturated rings. The number of ketones is 1. The van der Waals surface area contributed by atoms with Gasteiger partial charge in [0.05, 0.1) is 12.6 Å². The Morgan fingerprint density at radius 1 is 0.884 bits per heavy atom. The summed E-state index contributed by atoms with van der Waals surface area (Å²) in [5.41, 5.74) is 3.26. The number of nitrogens with one attached hydrogen (secondary N) is 1. The van der Waals surface area contributed by atoms with Crippen LogP contribution in [0.2, 0.25) is 0 Å². The van der Waals surface area contributed by atoms with Crippen LogP contribution in [0.3, 0.4) is 0 Å². The number of benzene rings is 3. The minimum atomic E-state index is -1.00. The molecule has 1 aromatic heterocycles. The molecule has 3 unspecified atom stereocenters. The van der Waals surface area contributed by atoms with Crippen LogP contribution in [-0.4, -0.2) is 74.6 Å². The first kappa shape index (κ1) is 27.8. The summed E-state index contributed by atoms with van der Waals surface area (Å²) in [6.07, 6.45) is 2.07. The molecule has 3 atom stereocenters. The second kappa shape index (κ2) is 11.9. The number of carbonyl (C=O) groups excluding carboxylic acids is 4. The lowest BCUT2D eigenvalue weighted by atomic mass is 10.0. The maximum absolute atomic E-state index is 14.1. The van der Waals surface area contributed by atoms with E-state index in [4.69, 9.17) is 0 Å². The van der Waals surface area contributed by atoms with Crippen LogP contribution >= 0.6 is 0 Å². The van der Waals surface area contributed by atoms with Gasteiger partial charge in [-0.3, -0.25) is 24.2 Å². The Hall–Kier alpha value is -5.31. The highest BCUT2D eigenvalue weighted by molar-refractivity contribution is 6.03. The molecule has 43 heavy (non-hydrogen) atoms. The zero-order valence-electron chi connectivity index (χ0n) is 23.3. The van der Waals surface area contributed by atoms with Crippen LogP contribution < -0.4 is 5.32 Å². The number of hydrogen-bond acceptors (Lipinski definition) is 6. The van der Waals surface area contributed by atoms with Crippen molar-refractivity contribution in [3.05, 3.63) is 120 Å². The minimum Gasteiger partial charge on any atom is -0.508 e. The van der Waals surface area contributed by atoms with Crippen molar-refractivity contribution in [2.24, 2.45) is 0 Å². The Labute approximate surface area is 248 Å². The van der Waals surface area contributed by atoms with Crippen molar-refractivity contribution in [1.82, 2.24) is 20.1 Å². The Kier molecular flexibility index (Phi) is 7.70. The predicted octanol–water partition coefficient (Wildman–Crippen LogP) is 3.49. The third-order valence-corrected chi connectivity index (χ3v) is 8.06. The predicted molar refractivity (Wildman–Crippen MR) is 159 cm³/mol. The van der Waals surface area contributed by atoms with Crippen LogP contribution in [0.25, 0.3) is 11.1 Å². The molecule has 9 heteroatoms. The lowest BCUT2D eigenvalue weighted by Crippen LogP contribution is -2.53. The van der Waals surface area contributed by atoms with Gasteiger partial charge >= 0.3 is 0 Å². The van der Waals surface area contributed by atoms with Crippen molar-refractivity contribution >= 4 is 23.5 Å². The molecule has 0 spiro atoms. The first-order chi connectivity index (χ1) is 20.9. The fraction of sp³-hybridized carbons (Fsp3) is 0.206. The number of amides is 3. The molecule has 3 heterocycles. The summed E-state index contributed by atoms with van der Waals surface area (Å²) in [5.74, 6) is -1.37. The number of Topliss-reactive ketones (excluding diaryl/α,β-unsaturated/α-hetero) is 1. The molecule has 3 aromatic carbocycles. The largest absolute Gasteiger partial charge is 0.508 e. The molecule has 2 aliphatic rings. The van der Waals surface area contributed by atoms with Gasteiger partial charge in [-0.1, -0.05) is 60.7 Å². The van der Waals surface area contributed by atoms with Crippen LogP contribution in [0.4, 0.5) is 0 Å². The highest BCUT2D eigenvalue weighted by atomic mass is 16.3. The molecule has 0 saturated carbocycles. The van der Waals surface area contributed by atoms with Gasteiger partial charge in [-0.2, -0.15) is 0 Å². The van der Waals surface area contributed by atoms with E-state index < -0.39 is 29.9 Å². The molecule has 2 saturated heterocycles. The van der Waals surface area contributed by atoms with Gasteiger partial charge in [0.15, 0.2) is 5.78 Å². The van der Waals surface area contributed by atoms with E-state index in [0.717, 1.165) is 11.1 Å². The van der Waals surface area contributed by atoms with Crippen LogP contribution in [0.15, 0.2) is 103 Å². The van der Waals surface area contributed by atoms with Crippen molar-refractivity contribution in [3.8, 4) is 16.9 Å². The van der Waals surface area contributed by atoms with Crippen molar-refractivity contribution in [3.63, 3.8) is 0 Å². The molecule has 0 radical (unpaired) electrons. The molecule has 216 valence electrons. The SMILES string of the molecule is O=C(NC(Cc1cccc(O)c1)C(=O)N1CCC2C1C(=O)CN2C(=O)c1ccccn1)c1ccc(-c2ccccc2)cc1. The van der Waals surface area contributed by atoms with E-state index in [0.29, 0.717) is 17.5 Å². The normalized spacial score (nSPS) is 18.3. The van der Waals surface area contributed by atoms with E-state index in [2.05, 4.69) is 10.3 Å². The Morgan fingerprint density at radius 2 is 1.63 bits per heavy atom. The van der Waals surface area contributed by atoms with Gasteiger partial charge in [-0.25, -0.2) is 0 Å². The number of hydrogen-bond donors (Lipinski definition) is 2. The summed E-state index contributed by atoms with van der Waals surface area (Å²) in [6, 6.07) is 26.2. The average molecular weight is 575 g/mol. The van der Waals surface area contributed by atoms with Crippen LogP contribution in [0, 0.1) is 0 Å². The van der Waals surface area contributed by atoms with Crippen LogP contribution in [0.5, 0.6) is 5.75 Å². The third-order valence-electron chi connectivity index (χ3n) is 8.06. The summed E-state index contributed by atoms with van der Waals surface area (Å²) < 4.78 is 0. The summed E-state index contributed by atoms with van der Waals surface area (Å²) in [6.45, 7) is 0.163. The van der Waals surface area contributed by atoms with Gasteiger partial charge < -0.3 is 20.2 Å². The van der Waals surface area contributed by atoms with Gasteiger partial charge in [-0.15, -0.1) is 0 Å². The standard InChI is InChI=1S/C34H30N4O5/c39-26-10-6-7-22(19-26)20-28(36-32(41)25-14-12-24(13-15-25)23-8-2-1-3-9-23)34(43)37-18-16-29-31(37)30(40)21-38(29)33(42)27-11-4-5-17-35-27/h1-15,17,19,28-29,31,39H,16,18,20-21H2,(H,36,41). The lowest BCUT2D eigenvalue weighted by Gasteiger charge is -2.28. The maximum Gasteiger partial charge on any atom is 0.273 e. The molecule has 2 N–H and O–H groups in total. The fourth-order valence-electron chi connectivity index (χ4n) is 5.98. The summed E-state index contributed by atoms with van der Waals surface area (Å²) in [4.78, 5) is 61.0. The van der Waals surface area contributed by atoms with Crippen LogP contribution in [0.1, 0.15) is 32.8 Å². The Morgan fingerprint density at radius 3 is 2.35 bits per heavy atom. The van der Waals surface area contributed by atoms with E-state index in [1.54, 1.807) is 48.5 Å². The number of phenolic OH excluding ortho intramolecular Hbond substituents is 1. The Balaban J connectivity index is 1.23. The van der Waals surface area contributed by atoms with E-state index in [9.17, 15) is 24.3 Å². The van der Waals surface area contributed by atoms with Gasteiger partial charge in [0.25, 0.3) is 11.8 Å². The molecule has 9 nitrogen and oxygen atoms in total. The van der Waals surface area contributed by atoms with Crippen LogP contribution in [-0.2, 0) is 16.0 Å². The zero-order valence-corrected chi connectivity index (χ0v) is 23.3. The average Bonchev–Trinajstić information content (AvgIpc) is 3.62. The minimum absolute atomic E-state index is 0.0439. The molecule has 0 bridgehead atoms. The molecule has 3 amide bonds. The first-order valence-corrected chi connectivity index (χ1v) is 14.2. The second-order valence-corrected chi connectivity index (χ2v) is 10.8. The number of aromatic nitrogens is 1. The lowest BCUT2D eigenvalue weighted by molar-refractivity contribution is -0.138. The highest BCUT2D eigenvalue weighted by Gasteiger charge is 2.52. The number of nitrogens with zero attached hydrogens (tertiary/aromatic N) is 3. The molecule has 2 aliphatic heterocycles. The van der Waals surface area contributed by atoms with Crippen molar-refractivity contribution in [1.29, 1.82) is 0 Å². The molecular weight excluding hydrogens is 544 g/mol. The van der Waals surface area contributed by atoms with E-state index in [1.165, 1.54) is 22.1 Å². The number of aromatic hydroxyl groups is 1. The van der Waals surface area contributed by atoms with Crippen molar-refractivity contribution in [2.75, 3.05) is 13.1 Å². The first-order valence-electron chi connectivity index (χ1n) is 14.2. The number of pyridine rings is 1. The van der Waals surface area contributed by atoms with E-state index in [1.807, 2.05) is 42.5 Å². The number of rotatable bonds is 7. The molecule has 4 aromatic rings. The molecule has 6 rings (SSSR count). The number of phenols is 1. The second-order valence-electron chi connectivity index (χ2n) is 10.8. The fourth-order valence-corrected chi connectivity index (χ4v) is 5.98. The quantitative estimate of drug-likeness (QED) is 0.349. The smallest absolute Gasteiger partial charge is 0.273 e. The van der Waals surface area contributed by atoms with Gasteiger partial charge in [0, 0.05) is 24.7 Å².